The number of halogens is 1. The molecule has 4 aromatic rings. The topological polar surface area (TPSA) is 43.6 Å². The van der Waals surface area contributed by atoms with E-state index in [0.29, 0.717) is 16.6 Å². The molecule has 0 spiro atoms. The van der Waals surface area contributed by atoms with Gasteiger partial charge in [0.1, 0.15) is 17.2 Å². The van der Waals surface area contributed by atoms with Gasteiger partial charge >= 0.3 is 0 Å². The minimum atomic E-state index is -0.300. The average molecular weight is 397 g/mol. The molecule has 2 heterocycles. The highest BCUT2D eigenvalue weighted by atomic mass is 32.2. The molecule has 0 aliphatic carbocycles. The van der Waals surface area contributed by atoms with Crippen molar-refractivity contribution in [3.05, 3.63) is 77.3 Å². The number of aromatic nitrogens is 4. The van der Waals surface area contributed by atoms with Gasteiger partial charge in [-0.1, -0.05) is 55.1 Å². The van der Waals surface area contributed by atoms with Crippen LogP contribution in [0.5, 0.6) is 0 Å². The highest BCUT2D eigenvalue weighted by Gasteiger charge is 2.12. The summed E-state index contributed by atoms with van der Waals surface area (Å²) < 4.78 is 15.7. The second-order valence-electron chi connectivity index (χ2n) is 5.92. The molecule has 0 N–H and O–H groups in total. The SMILES string of the molecule is CCc1ccc(-c2nc(CSc3nncn3-c3ccccc3F)cs2)cc1. The Balaban J connectivity index is 1.48. The summed E-state index contributed by atoms with van der Waals surface area (Å²) in [5.41, 5.74) is 3.86. The molecule has 0 aliphatic heterocycles. The Labute approximate surface area is 165 Å². The lowest BCUT2D eigenvalue weighted by Crippen LogP contribution is -1.98. The predicted molar refractivity (Wildman–Crippen MR) is 108 cm³/mol. The van der Waals surface area contributed by atoms with Crippen LogP contribution in [0.15, 0.2) is 65.4 Å². The van der Waals surface area contributed by atoms with Crippen LogP contribution in [-0.2, 0) is 12.2 Å². The standard InChI is InChI=1S/C20H17FN4S2/c1-2-14-7-9-15(10-8-14)19-23-16(11-26-19)12-27-20-24-22-13-25(20)18-6-4-3-5-17(18)21/h3-11,13H,2,12H2,1H3. The monoisotopic (exact) mass is 396 g/mol. The summed E-state index contributed by atoms with van der Waals surface area (Å²) >= 11 is 3.12. The number of thioether (sulfide) groups is 1. The molecule has 0 saturated carbocycles. The zero-order valence-electron chi connectivity index (χ0n) is 14.7. The summed E-state index contributed by atoms with van der Waals surface area (Å²) in [5, 5.41) is 11.7. The summed E-state index contributed by atoms with van der Waals surface area (Å²) in [6.45, 7) is 2.15. The maximum absolute atomic E-state index is 14.0. The van der Waals surface area contributed by atoms with Gasteiger partial charge in [-0.2, -0.15) is 0 Å². The molecule has 0 atom stereocenters. The molecule has 27 heavy (non-hydrogen) atoms. The van der Waals surface area contributed by atoms with E-state index in [1.807, 2.05) is 0 Å². The van der Waals surface area contributed by atoms with Gasteiger partial charge < -0.3 is 0 Å². The quantitative estimate of drug-likeness (QED) is 0.410. The molecular weight excluding hydrogens is 379 g/mol. The maximum atomic E-state index is 14.0. The summed E-state index contributed by atoms with van der Waals surface area (Å²) in [4.78, 5) is 4.72. The second kappa shape index (κ2) is 8.02. The van der Waals surface area contributed by atoms with Crippen LogP contribution >= 0.6 is 23.1 Å². The lowest BCUT2D eigenvalue weighted by Gasteiger charge is -2.06. The van der Waals surface area contributed by atoms with E-state index in [-0.39, 0.29) is 5.82 Å². The number of rotatable bonds is 6. The first-order chi connectivity index (χ1) is 13.2. The number of benzene rings is 2. The molecule has 4 nitrogen and oxygen atoms in total. The average Bonchev–Trinajstić information content (AvgIpc) is 3.36. The predicted octanol–water partition coefficient (Wildman–Crippen LogP) is 5.38. The molecule has 2 aromatic heterocycles. The van der Waals surface area contributed by atoms with Crippen molar-refractivity contribution in [2.45, 2.75) is 24.3 Å². The van der Waals surface area contributed by atoms with Crippen LogP contribution in [0.25, 0.3) is 16.3 Å². The largest absolute Gasteiger partial charge is 0.274 e. The summed E-state index contributed by atoms with van der Waals surface area (Å²) in [5.74, 6) is 0.349. The zero-order valence-corrected chi connectivity index (χ0v) is 16.3. The summed E-state index contributed by atoms with van der Waals surface area (Å²) in [6.07, 6.45) is 2.56. The van der Waals surface area contributed by atoms with Gasteiger partial charge in [0.05, 0.1) is 11.4 Å². The number of nitrogens with zero attached hydrogens (tertiary/aromatic N) is 4. The molecule has 0 radical (unpaired) electrons. The van der Waals surface area contributed by atoms with E-state index in [1.165, 1.54) is 29.7 Å². The Kier molecular flexibility index (Phi) is 5.31. The van der Waals surface area contributed by atoms with E-state index in [0.717, 1.165) is 22.7 Å². The molecule has 2 aromatic carbocycles. The molecule has 0 aliphatic rings. The van der Waals surface area contributed by atoms with Crippen molar-refractivity contribution >= 4 is 23.1 Å². The van der Waals surface area contributed by atoms with Gasteiger partial charge in [-0.05, 0) is 24.1 Å². The van der Waals surface area contributed by atoms with Crippen molar-refractivity contribution in [2.24, 2.45) is 0 Å². The van der Waals surface area contributed by atoms with Crippen molar-refractivity contribution in [1.29, 1.82) is 0 Å². The van der Waals surface area contributed by atoms with E-state index in [2.05, 4.69) is 46.8 Å². The van der Waals surface area contributed by atoms with Crippen LogP contribution in [-0.4, -0.2) is 19.7 Å². The molecule has 136 valence electrons. The lowest BCUT2D eigenvalue weighted by atomic mass is 10.1. The Morgan fingerprint density at radius 2 is 1.93 bits per heavy atom. The smallest absolute Gasteiger partial charge is 0.196 e. The zero-order chi connectivity index (χ0) is 18.6. The third-order valence-electron chi connectivity index (χ3n) is 4.14. The molecule has 4 rings (SSSR count). The van der Waals surface area contributed by atoms with Gasteiger partial charge in [-0.3, -0.25) is 4.57 Å². The molecule has 0 bridgehead atoms. The van der Waals surface area contributed by atoms with E-state index in [9.17, 15) is 4.39 Å². The first-order valence-electron chi connectivity index (χ1n) is 8.56. The van der Waals surface area contributed by atoms with Crippen LogP contribution in [0.4, 0.5) is 4.39 Å². The van der Waals surface area contributed by atoms with Crippen molar-refractivity contribution in [3.8, 4) is 16.3 Å². The van der Waals surface area contributed by atoms with Gasteiger partial charge in [0.25, 0.3) is 0 Å². The minimum Gasteiger partial charge on any atom is -0.274 e. The van der Waals surface area contributed by atoms with Gasteiger partial charge in [0, 0.05) is 16.7 Å². The number of para-hydroxylation sites is 1. The lowest BCUT2D eigenvalue weighted by molar-refractivity contribution is 0.613. The van der Waals surface area contributed by atoms with Gasteiger partial charge in [0.15, 0.2) is 5.16 Å². The van der Waals surface area contributed by atoms with Crippen molar-refractivity contribution in [3.63, 3.8) is 0 Å². The molecule has 0 amide bonds. The first kappa shape index (κ1) is 17.9. The third kappa shape index (κ3) is 3.94. The Bertz CT molecular complexity index is 1040. The Morgan fingerprint density at radius 1 is 1.11 bits per heavy atom. The number of hydrogen-bond donors (Lipinski definition) is 0. The Hall–Kier alpha value is -2.51. The normalized spacial score (nSPS) is 11.0. The van der Waals surface area contributed by atoms with Gasteiger partial charge in [-0.25, -0.2) is 9.37 Å². The van der Waals surface area contributed by atoms with E-state index >= 15 is 0 Å². The number of aryl methyl sites for hydroxylation is 1. The van der Waals surface area contributed by atoms with Crippen molar-refractivity contribution < 1.29 is 4.39 Å². The highest BCUT2D eigenvalue weighted by molar-refractivity contribution is 7.98. The Morgan fingerprint density at radius 3 is 2.70 bits per heavy atom. The van der Waals surface area contributed by atoms with Crippen molar-refractivity contribution in [1.82, 2.24) is 19.7 Å². The van der Waals surface area contributed by atoms with Gasteiger partial charge in [-0.15, -0.1) is 21.5 Å². The van der Waals surface area contributed by atoms with Crippen molar-refractivity contribution in [2.75, 3.05) is 0 Å². The molecule has 0 fully saturated rings. The third-order valence-corrected chi connectivity index (χ3v) is 6.06. The highest BCUT2D eigenvalue weighted by Crippen LogP contribution is 2.28. The minimum absolute atomic E-state index is 0.300. The number of hydrogen-bond acceptors (Lipinski definition) is 5. The van der Waals surface area contributed by atoms with Crippen LogP contribution in [0.2, 0.25) is 0 Å². The van der Waals surface area contributed by atoms with E-state index in [1.54, 1.807) is 34.1 Å². The molecule has 0 saturated heterocycles. The van der Waals surface area contributed by atoms with Crippen LogP contribution in [0.1, 0.15) is 18.2 Å². The van der Waals surface area contributed by atoms with Crippen LogP contribution < -0.4 is 0 Å². The molecule has 7 heteroatoms. The van der Waals surface area contributed by atoms with Gasteiger partial charge in [0.2, 0.25) is 0 Å². The molecular formula is C20H17FN4S2. The summed E-state index contributed by atoms with van der Waals surface area (Å²) in [7, 11) is 0. The maximum Gasteiger partial charge on any atom is 0.196 e. The van der Waals surface area contributed by atoms with E-state index < -0.39 is 0 Å². The van der Waals surface area contributed by atoms with Crippen LogP contribution in [0, 0.1) is 5.82 Å². The van der Waals surface area contributed by atoms with E-state index in [4.69, 9.17) is 4.98 Å². The summed E-state index contributed by atoms with van der Waals surface area (Å²) in [6, 6.07) is 15.1. The first-order valence-corrected chi connectivity index (χ1v) is 10.4. The fourth-order valence-corrected chi connectivity index (χ4v) is 4.41. The van der Waals surface area contributed by atoms with Crippen LogP contribution in [0.3, 0.4) is 0 Å². The number of thiazole rings is 1. The fraction of sp³-hybridized carbons (Fsp3) is 0.150. The molecule has 0 unspecified atom stereocenters. The second-order valence-corrected chi connectivity index (χ2v) is 7.72. The fourth-order valence-electron chi connectivity index (χ4n) is 2.66.